The molecule has 0 rings (SSSR count). The molecule has 0 aromatic rings. The van der Waals surface area contributed by atoms with Crippen LogP contribution in [0.5, 0.6) is 0 Å². The Balaban J connectivity index is 2.72. The molecule has 0 heterocycles. The molecule has 0 fully saturated rings. The highest BCUT2D eigenvalue weighted by molar-refractivity contribution is 7.40. The molecule has 0 aliphatic carbocycles. The Morgan fingerprint density at radius 1 is 1.50 bits per heavy atom. The van der Waals surface area contributed by atoms with Crippen LogP contribution in [0.25, 0.3) is 0 Å². The van der Waals surface area contributed by atoms with Gasteiger partial charge in [-0.1, -0.05) is 0 Å². The Labute approximate surface area is 53.0 Å². The van der Waals surface area contributed by atoms with Gasteiger partial charge in [-0.25, -0.2) is 0 Å². The predicted molar refractivity (Wildman–Crippen MR) is 30.4 cm³/mol. The molecule has 0 bridgehead atoms. The molecule has 0 aromatic heterocycles. The Morgan fingerprint density at radius 3 is 2.50 bits per heavy atom. The summed E-state index contributed by atoms with van der Waals surface area (Å²) >= 11 is 5.17. The van der Waals surface area contributed by atoms with E-state index in [0.29, 0.717) is 12.3 Å². The van der Waals surface area contributed by atoms with Crippen molar-refractivity contribution in [3.05, 3.63) is 0 Å². The number of rotatable bonds is 4. The fraction of sp³-hybridized carbons (Fsp3) is 1.00. The van der Waals surface area contributed by atoms with Crippen LogP contribution in [0.4, 0.5) is 8.39 Å². The Morgan fingerprint density at radius 2 is 2.12 bits per heavy atom. The second kappa shape index (κ2) is 5.67. The molecule has 0 aromatic carbocycles. The molecule has 5 heteroatoms. The minimum absolute atomic E-state index is 0.0716. The predicted octanol–water partition coefficient (Wildman–Crippen LogP) is 2.80. The third-order valence-electron chi connectivity index (χ3n) is 0.467. The summed E-state index contributed by atoms with van der Waals surface area (Å²) in [4.78, 5) is 0. The van der Waals surface area contributed by atoms with E-state index in [9.17, 15) is 8.39 Å². The van der Waals surface area contributed by atoms with E-state index in [1.165, 1.54) is 0 Å². The van der Waals surface area contributed by atoms with Crippen molar-refractivity contribution < 1.29 is 12.9 Å². The molecular formula is C3H6ClF2OP. The zero-order valence-corrected chi connectivity index (χ0v) is 5.76. The summed E-state index contributed by atoms with van der Waals surface area (Å²) in [5.74, 6) is 0.378. The van der Waals surface area contributed by atoms with E-state index < -0.39 is 8.77 Å². The van der Waals surface area contributed by atoms with Crippen molar-refractivity contribution in [2.24, 2.45) is 0 Å². The molecule has 0 aliphatic heterocycles. The lowest BCUT2D eigenvalue weighted by molar-refractivity contribution is 0.309. The molecule has 0 N–H and O–H groups in total. The molecule has 0 spiro atoms. The summed E-state index contributed by atoms with van der Waals surface area (Å²) in [5.41, 5.74) is 0. The van der Waals surface area contributed by atoms with Gasteiger partial charge in [-0.3, -0.25) is 0 Å². The molecule has 0 saturated carbocycles. The Hall–Kier alpha value is 0.540. The minimum atomic E-state index is -3.17. The van der Waals surface area contributed by atoms with E-state index >= 15 is 0 Å². The van der Waals surface area contributed by atoms with E-state index in [4.69, 9.17) is 11.6 Å². The fourth-order valence-electron chi connectivity index (χ4n) is 0.188. The van der Waals surface area contributed by atoms with Crippen molar-refractivity contribution in [1.82, 2.24) is 0 Å². The van der Waals surface area contributed by atoms with Crippen molar-refractivity contribution in [2.75, 3.05) is 12.5 Å². The molecule has 8 heavy (non-hydrogen) atoms. The van der Waals surface area contributed by atoms with Crippen LogP contribution >= 0.6 is 20.4 Å². The molecule has 0 unspecified atom stereocenters. The maximum Gasteiger partial charge on any atom is 0.415 e. The molecule has 0 aliphatic rings. The SMILES string of the molecule is FP(F)OCCCCl. The van der Waals surface area contributed by atoms with Gasteiger partial charge in [-0.2, -0.15) is 8.39 Å². The molecule has 0 atom stereocenters. The van der Waals surface area contributed by atoms with Crippen LogP contribution < -0.4 is 0 Å². The smallest absolute Gasteiger partial charge is 0.306 e. The van der Waals surface area contributed by atoms with Crippen LogP contribution in [0.3, 0.4) is 0 Å². The average Bonchev–Trinajstić information content (AvgIpc) is 1.66. The van der Waals surface area contributed by atoms with Crippen molar-refractivity contribution >= 4 is 20.4 Å². The van der Waals surface area contributed by atoms with Crippen LogP contribution in [0.15, 0.2) is 0 Å². The zero-order chi connectivity index (χ0) is 6.41. The average molecular weight is 163 g/mol. The van der Waals surface area contributed by atoms with Gasteiger partial charge in [-0.15, -0.1) is 11.6 Å². The molecular weight excluding hydrogens is 156 g/mol. The standard InChI is InChI=1S/C3H6ClF2OP/c4-2-1-3-7-8(5)6/h1-3H2. The number of hydrogen-bond acceptors (Lipinski definition) is 1. The topological polar surface area (TPSA) is 9.23 Å². The van der Waals surface area contributed by atoms with Crippen molar-refractivity contribution in [3.8, 4) is 0 Å². The third kappa shape index (κ3) is 6.54. The van der Waals surface area contributed by atoms with Crippen LogP contribution in [-0.4, -0.2) is 12.5 Å². The van der Waals surface area contributed by atoms with Crippen LogP contribution in [-0.2, 0) is 4.52 Å². The van der Waals surface area contributed by atoms with Crippen molar-refractivity contribution in [3.63, 3.8) is 0 Å². The lowest BCUT2D eigenvalue weighted by Crippen LogP contribution is -1.85. The van der Waals surface area contributed by atoms with Crippen LogP contribution in [0, 0.1) is 0 Å². The summed E-state index contributed by atoms with van der Waals surface area (Å²) in [5, 5.41) is 0. The lowest BCUT2D eigenvalue weighted by atomic mass is 10.5. The fourth-order valence-corrected chi connectivity index (χ4v) is 0.564. The molecule has 0 amide bonds. The third-order valence-corrected chi connectivity index (χ3v) is 1.11. The molecule has 0 saturated heterocycles. The van der Waals surface area contributed by atoms with Crippen LogP contribution in [0.2, 0.25) is 0 Å². The van der Waals surface area contributed by atoms with Gasteiger partial charge >= 0.3 is 8.77 Å². The Bertz CT molecular complexity index is 54.5. The van der Waals surface area contributed by atoms with E-state index in [1.807, 2.05) is 0 Å². The second-order valence-corrected chi connectivity index (χ2v) is 2.12. The minimum Gasteiger partial charge on any atom is -0.306 e. The van der Waals surface area contributed by atoms with Gasteiger partial charge in [0.05, 0.1) is 6.61 Å². The maximum atomic E-state index is 11.2. The number of alkyl halides is 1. The number of hydrogen-bond donors (Lipinski definition) is 0. The highest BCUT2D eigenvalue weighted by Crippen LogP contribution is 2.39. The first kappa shape index (κ1) is 8.54. The first-order valence-corrected chi connectivity index (χ1v) is 3.65. The largest absolute Gasteiger partial charge is 0.415 e. The first-order chi connectivity index (χ1) is 3.77. The quantitative estimate of drug-likeness (QED) is 0.351. The summed E-state index contributed by atoms with van der Waals surface area (Å²) in [7, 11) is -3.17. The van der Waals surface area contributed by atoms with Gasteiger partial charge in [0.15, 0.2) is 0 Å². The van der Waals surface area contributed by atoms with Gasteiger partial charge < -0.3 is 4.52 Å². The molecule has 0 radical (unpaired) electrons. The van der Waals surface area contributed by atoms with Gasteiger partial charge in [0.2, 0.25) is 0 Å². The van der Waals surface area contributed by atoms with Crippen molar-refractivity contribution in [1.29, 1.82) is 0 Å². The van der Waals surface area contributed by atoms with Crippen molar-refractivity contribution in [2.45, 2.75) is 6.42 Å². The van der Waals surface area contributed by atoms with E-state index in [2.05, 4.69) is 4.52 Å². The first-order valence-electron chi connectivity index (χ1n) is 2.08. The lowest BCUT2D eigenvalue weighted by Gasteiger charge is -1.95. The van der Waals surface area contributed by atoms with E-state index in [0.717, 1.165) is 0 Å². The van der Waals surface area contributed by atoms with Crippen LogP contribution in [0.1, 0.15) is 6.42 Å². The van der Waals surface area contributed by atoms with Gasteiger partial charge in [0, 0.05) is 5.88 Å². The van der Waals surface area contributed by atoms with Gasteiger partial charge in [0.25, 0.3) is 0 Å². The normalized spacial score (nSPS) is 10.5. The van der Waals surface area contributed by atoms with E-state index in [1.54, 1.807) is 0 Å². The summed E-state index contributed by atoms with van der Waals surface area (Å²) < 4.78 is 26.2. The van der Waals surface area contributed by atoms with Gasteiger partial charge in [-0.05, 0) is 6.42 Å². The number of halogens is 3. The highest BCUT2D eigenvalue weighted by Gasteiger charge is 2.01. The second-order valence-electron chi connectivity index (χ2n) is 1.08. The Kier molecular flexibility index (Phi) is 6.06. The molecule has 50 valence electrons. The molecule has 1 nitrogen and oxygen atoms in total. The summed E-state index contributed by atoms with van der Waals surface area (Å²) in [6, 6.07) is 0. The van der Waals surface area contributed by atoms with Gasteiger partial charge in [0.1, 0.15) is 0 Å². The monoisotopic (exact) mass is 162 g/mol. The summed E-state index contributed by atoms with van der Waals surface area (Å²) in [6.45, 7) is 0.0716. The van der Waals surface area contributed by atoms with E-state index in [-0.39, 0.29) is 6.61 Å². The maximum absolute atomic E-state index is 11.2. The zero-order valence-electron chi connectivity index (χ0n) is 4.11. The summed E-state index contributed by atoms with van der Waals surface area (Å²) in [6.07, 6.45) is 0.494. The highest BCUT2D eigenvalue weighted by atomic mass is 35.5.